The van der Waals surface area contributed by atoms with Crippen LogP contribution in [0.15, 0.2) is 47.5 Å². The molecule has 3 heterocycles. The Hall–Kier alpha value is -2.71. The fourth-order valence-electron chi connectivity index (χ4n) is 2.96. The number of para-hydroxylation sites is 1. The number of nitrogens with zero attached hydrogens (tertiary/aromatic N) is 5. The summed E-state index contributed by atoms with van der Waals surface area (Å²) < 4.78 is 8.10. The Morgan fingerprint density at radius 2 is 1.76 bits per heavy atom. The largest absolute Gasteiger partial charge is 0.388 e. The molecule has 25 heavy (non-hydrogen) atoms. The number of morpholine rings is 1. The van der Waals surface area contributed by atoms with Crippen LogP contribution in [0.1, 0.15) is 6.92 Å². The van der Waals surface area contributed by atoms with Crippen LogP contribution in [-0.2, 0) is 4.74 Å². The standard InChI is InChI=1S/C17H19N5O3/c1-13(20-9-11-24-12-10-20)25-22-16-15(18-7-8-19-16)21(17(22)23)14-5-3-2-4-6-14/h2-8,13H,9-12H2,1H3. The van der Waals surface area contributed by atoms with Gasteiger partial charge in [0.15, 0.2) is 11.9 Å². The van der Waals surface area contributed by atoms with Crippen molar-refractivity contribution in [2.24, 2.45) is 0 Å². The van der Waals surface area contributed by atoms with E-state index in [0.717, 1.165) is 18.8 Å². The minimum Gasteiger partial charge on any atom is -0.388 e. The van der Waals surface area contributed by atoms with Crippen LogP contribution >= 0.6 is 0 Å². The lowest BCUT2D eigenvalue weighted by Gasteiger charge is -2.31. The van der Waals surface area contributed by atoms with Crippen molar-refractivity contribution in [1.29, 1.82) is 0 Å². The van der Waals surface area contributed by atoms with E-state index in [0.29, 0.717) is 24.5 Å². The summed E-state index contributed by atoms with van der Waals surface area (Å²) in [4.78, 5) is 29.7. The summed E-state index contributed by atoms with van der Waals surface area (Å²) >= 11 is 0. The third kappa shape index (κ3) is 2.90. The Balaban J connectivity index is 1.77. The maximum absolute atomic E-state index is 13.0. The summed E-state index contributed by atoms with van der Waals surface area (Å²) in [5.41, 5.74) is 1.26. The number of benzene rings is 1. The average molecular weight is 341 g/mol. The molecule has 0 amide bonds. The summed E-state index contributed by atoms with van der Waals surface area (Å²) in [5.74, 6) is 0. The molecular formula is C17H19N5O3. The maximum Gasteiger partial charge on any atom is 0.369 e. The minimum absolute atomic E-state index is 0.279. The molecule has 1 aliphatic heterocycles. The molecule has 1 fully saturated rings. The zero-order valence-corrected chi connectivity index (χ0v) is 13.9. The normalized spacial score (nSPS) is 16.8. The molecule has 0 spiro atoms. The highest BCUT2D eigenvalue weighted by molar-refractivity contribution is 5.68. The lowest BCUT2D eigenvalue weighted by atomic mass is 10.3. The second-order valence-electron chi connectivity index (χ2n) is 5.80. The first kappa shape index (κ1) is 15.8. The van der Waals surface area contributed by atoms with E-state index in [1.807, 2.05) is 37.3 Å². The molecule has 0 radical (unpaired) electrons. The molecule has 2 aromatic heterocycles. The Labute approximate surface area is 144 Å². The fourth-order valence-corrected chi connectivity index (χ4v) is 2.96. The van der Waals surface area contributed by atoms with Crippen molar-refractivity contribution in [2.45, 2.75) is 13.2 Å². The van der Waals surface area contributed by atoms with E-state index in [1.54, 1.807) is 12.4 Å². The molecule has 8 heteroatoms. The van der Waals surface area contributed by atoms with E-state index in [-0.39, 0.29) is 11.9 Å². The number of fused-ring (bicyclic) bond motifs is 1. The smallest absolute Gasteiger partial charge is 0.369 e. The fraction of sp³-hybridized carbons (Fsp3) is 0.353. The van der Waals surface area contributed by atoms with E-state index in [4.69, 9.17) is 9.57 Å². The van der Waals surface area contributed by atoms with Gasteiger partial charge in [0.05, 0.1) is 18.9 Å². The monoisotopic (exact) mass is 341 g/mol. The second-order valence-corrected chi connectivity index (χ2v) is 5.80. The zero-order valence-electron chi connectivity index (χ0n) is 13.9. The van der Waals surface area contributed by atoms with Gasteiger partial charge in [0.1, 0.15) is 0 Å². The Morgan fingerprint density at radius 3 is 2.48 bits per heavy atom. The number of ether oxygens (including phenoxy) is 1. The molecule has 4 rings (SSSR count). The molecule has 8 nitrogen and oxygen atoms in total. The minimum atomic E-state index is -0.326. The molecule has 0 bridgehead atoms. The van der Waals surface area contributed by atoms with Gasteiger partial charge in [-0.3, -0.25) is 4.90 Å². The van der Waals surface area contributed by atoms with Gasteiger partial charge in [0.2, 0.25) is 5.65 Å². The van der Waals surface area contributed by atoms with Crippen LogP contribution < -0.4 is 10.5 Å². The first-order valence-electron chi connectivity index (χ1n) is 8.24. The number of rotatable bonds is 4. The summed E-state index contributed by atoms with van der Waals surface area (Å²) in [7, 11) is 0. The third-order valence-electron chi connectivity index (χ3n) is 4.26. The summed E-state index contributed by atoms with van der Waals surface area (Å²) in [5, 5.41) is 0. The van der Waals surface area contributed by atoms with Crippen molar-refractivity contribution in [1.82, 2.24) is 24.2 Å². The lowest BCUT2D eigenvalue weighted by Crippen LogP contribution is -2.48. The van der Waals surface area contributed by atoms with Crippen molar-refractivity contribution in [3.05, 3.63) is 53.2 Å². The van der Waals surface area contributed by atoms with Crippen molar-refractivity contribution < 1.29 is 9.57 Å². The molecular weight excluding hydrogens is 322 g/mol. The molecule has 1 atom stereocenters. The van der Waals surface area contributed by atoms with E-state index in [1.165, 1.54) is 9.30 Å². The SMILES string of the molecule is CC(On1c(=O)n(-c2ccccc2)c2nccnc21)N1CCOCC1. The highest BCUT2D eigenvalue weighted by atomic mass is 16.7. The van der Waals surface area contributed by atoms with Crippen molar-refractivity contribution in [3.8, 4) is 5.69 Å². The van der Waals surface area contributed by atoms with Gasteiger partial charge in [0.25, 0.3) is 0 Å². The molecule has 1 unspecified atom stereocenters. The van der Waals surface area contributed by atoms with Crippen LogP contribution in [0, 0.1) is 0 Å². The van der Waals surface area contributed by atoms with Crippen LogP contribution in [0.5, 0.6) is 0 Å². The zero-order chi connectivity index (χ0) is 17.2. The molecule has 1 aromatic carbocycles. The van der Waals surface area contributed by atoms with Crippen molar-refractivity contribution in [2.75, 3.05) is 26.3 Å². The molecule has 0 N–H and O–H groups in total. The van der Waals surface area contributed by atoms with Gasteiger partial charge < -0.3 is 9.57 Å². The van der Waals surface area contributed by atoms with E-state index in [2.05, 4.69) is 14.9 Å². The lowest BCUT2D eigenvalue weighted by molar-refractivity contribution is -0.0904. The van der Waals surface area contributed by atoms with Crippen molar-refractivity contribution in [3.63, 3.8) is 0 Å². The maximum atomic E-state index is 13.0. The first-order valence-corrected chi connectivity index (χ1v) is 8.24. The van der Waals surface area contributed by atoms with Gasteiger partial charge in [-0.2, -0.15) is 0 Å². The molecule has 1 saturated heterocycles. The summed E-state index contributed by atoms with van der Waals surface area (Å²) in [6.45, 7) is 4.76. The van der Waals surface area contributed by atoms with Gasteiger partial charge in [-0.15, -0.1) is 4.73 Å². The highest BCUT2D eigenvalue weighted by Gasteiger charge is 2.23. The van der Waals surface area contributed by atoms with Crippen LogP contribution in [0.2, 0.25) is 0 Å². The number of aromatic nitrogens is 4. The van der Waals surface area contributed by atoms with Gasteiger partial charge in [-0.25, -0.2) is 19.3 Å². The predicted octanol–water partition coefficient (Wildman–Crippen LogP) is 0.689. The number of hydrogen-bond donors (Lipinski definition) is 0. The molecule has 130 valence electrons. The van der Waals surface area contributed by atoms with Crippen LogP contribution in [0.25, 0.3) is 17.0 Å². The number of hydrogen-bond acceptors (Lipinski definition) is 6. The van der Waals surface area contributed by atoms with Crippen molar-refractivity contribution >= 4 is 11.3 Å². The van der Waals surface area contributed by atoms with Gasteiger partial charge >= 0.3 is 5.69 Å². The molecule has 0 saturated carbocycles. The second kappa shape index (κ2) is 6.66. The van der Waals surface area contributed by atoms with Crippen LogP contribution in [-0.4, -0.2) is 56.7 Å². The topological polar surface area (TPSA) is 74.4 Å². The molecule has 1 aliphatic rings. The summed E-state index contributed by atoms with van der Waals surface area (Å²) in [6.07, 6.45) is 2.84. The average Bonchev–Trinajstić information content (AvgIpc) is 2.95. The van der Waals surface area contributed by atoms with E-state index in [9.17, 15) is 4.79 Å². The number of imidazole rings is 1. The Morgan fingerprint density at radius 1 is 1.08 bits per heavy atom. The Kier molecular flexibility index (Phi) is 4.21. The summed E-state index contributed by atoms with van der Waals surface area (Å²) in [6, 6.07) is 9.35. The van der Waals surface area contributed by atoms with E-state index >= 15 is 0 Å². The Bertz CT molecular complexity index is 915. The van der Waals surface area contributed by atoms with Gasteiger partial charge in [0, 0.05) is 25.5 Å². The van der Waals surface area contributed by atoms with Crippen LogP contribution in [0.3, 0.4) is 0 Å². The highest BCUT2D eigenvalue weighted by Crippen LogP contribution is 2.13. The first-order chi connectivity index (χ1) is 12.3. The van der Waals surface area contributed by atoms with E-state index < -0.39 is 0 Å². The van der Waals surface area contributed by atoms with Crippen LogP contribution in [0.4, 0.5) is 0 Å². The molecule has 0 aliphatic carbocycles. The molecule has 3 aromatic rings. The van der Waals surface area contributed by atoms with Gasteiger partial charge in [-0.05, 0) is 19.1 Å². The third-order valence-corrected chi connectivity index (χ3v) is 4.26. The predicted molar refractivity (Wildman–Crippen MR) is 91.6 cm³/mol. The quantitative estimate of drug-likeness (QED) is 0.695. The van der Waals surface area contributed by atoms with Gasteiger partial charge in [-0.1, -0.05) is 18.2 Å².